The van der Waals surface area contributed by atoms with Crippen molar-refractivity contribution in [3.63, 3.8) is 0 Å². The summed E-state index contributed by atoms with van der Waals surface area (Å²) in [6, 6.07) is 4.12. The van der Waals surface area contributed by atoms with Crippen molar-refractivity contribution in [2.24, 2.45) is 5.73 Å². The number of ether oxygens (including phenoxy) is 1. The van der Waals surface area contributed by atoms with Crippen LogP contribution in [0, 0.1) is 5.82 Å². The molecular weight excluding hydrogens is 223 g/mol. The van der Waals surface area contributed by atoms with E-state index in [9.17, 15) is 9.18 Å². The number of benzene rings is 1. The molecule has 5 heteroatoms. The Morgan fingerprint density at radius 3 is 2.76 bits per heavy atom. The number of halogens is 1. The molecule has 0 aliphatic rings. The zero-order valence-corrected chi connectivity index (χ0v) is 10.2. The van der Waals surface area contributed by atoms with Crippen LogP contribution >= 0.6 is 0 Å². The van der Waals surface area contributed by atoms with Crippen molar-refractivity contribution in [1.29, 1.82) is 0 Å². The molecule has 1 aromatic carbocycles. The first-order valence-electron chi connectivity index (χ1n) is 5.34. The summed E-state index contributed by atoms with van der Waals surface area (Å²) in [4.78, 5) is 11.8. The van der Waals surface area contributed by atoms with Crippen LogP contribution in [0.25, 0.3) is 0 Å². The predicted octanol–water partition coefficient (Wildman–Crippen LogP) is 1.90. The van der Waals surface area contributed by atoms with E-state index < -0.39 is 17.3 Å². The fourth-order valence-electron chi connectivity index (χ4n) is 1.15. The van der Waals surface area contributed by atoms with Crippen LogP contribution in [0.3, 0.4) is 0 Å². The van der Waals surface area contributed by atoms with Gasteiger partial charge in [0.2, 0.25) is 5.91 Å². The molecule has 94 valence electrons. The van der Waals surface area contributed by atoms with Gasteiger partial charge in [0.1, 0.15) is 11.6 Å². The molecule has 0 bridgehead atoms. The monoisotopic (exact) mass is 240 g/mol. The van der Waals surface area contributed by atoms with Gasteiger partial charge >= 0.3 is 0 Å². The third-order valence-electron chi connectivity index (χ3n) is 2.67. The number of anilines is 1. The molecule has 0 aliphatic heterocycles. The molecular formula is C12H17FN2O2. The molecule has 0 saturated carbocycles. The topological polar surface area (TPSA) is 64.4 Å². The second-order valence-corrected chi connectivity index (χ2v) is 4.07. The predicted molar refractivity (Wildman–Crippen MR) is 64.5 cm³/mol. The molecule has 3 N–H and O–H groups in total. The Morgan fingerprint density at radius 1 is 1.59 bits per heavy atom. The normalized spacial score (nSPS) is 13.9. The first-order valence-corrected chi connectivity index (χ1v) is 5.34. The lowest BCUT2D eigenvalue weighted by Gasteiger charge is -2.21. The van der Waals surface area contributed by atoms with E-state index in [2.05, 4.69) is 5.32 Å². The van der Waals surface area contributed by atoms with Gasteiger partial charge in [-0.1, -0.05) is 6.92 Å². The summed E-state index contributed by atoms with van der Waals surface area (Å²) in [5.74, 6) is -0.477. The number of hydrogen-bond donors (Lipinski definition) is 2. The second kappa shape index (κ2) is 5.14. The van der Waals surface area contributed by atoms with E-state index in [-0.39, 0.29) is 5.69 Å². The molecule has 1 aromatic rings. The Bertz CT molecular complexity index is 419. The third kappa shape index (κ3) is 3.17. The lowest BCUT2D eigenvalue weighted by molar-refractivity contribution is -0.120. The van der Waals surface area contributed by atoms with E-state index in [4.69, 9.17) is 10.5 Å². The smallest absolute Gasteiger partial charge is 0.244 e. The summed E-state index contributed by atoms with van der Waals surface area (Å²) in [6.07, 6.45) is 0.463. The quantitative estimate of drug-likeness (QED) is 0.844. The molecule has 0 heterocycles. The van der Waals surface area contributed by atoms with E-state index in [0.717, 1.165) is 0 Å². The molecule has 0 radical (unpaired) electrons. The first kappa shape index (κ1) is 13.4. The van der Waals surface area contributed by atoms with E-state index in [1.807, 2.05) is 0 Å². The van der Waals surface area contributed by atoms with Crippen LogP contribution in [0.2, 0.25) is 0 Å². The summed E-state index contributed by atoms with van der Waals surface area (Å²) in [5.41, 5.74) is 4.81. The van der Waals surface area contributed by atoms with Crippen LogP contribution in [-0.2, 0) is 4.79 Å². The molecule has 0 spiro atoms. The van der Waals surface area contributed by atoms with E-state index >= 15 is 0 Å². The SMILES string of the molecule is CCC(C)(N)C(=O)Nc1cc(OC)ccc1F. The third-order valence-corrected chi connectivity index (χ3v) is 2.67. The Balaban J connectivity index is 2.91. The van der Waals surface area contributed by atoms with Crippen LogP contribution in [0.5, 0.6) is 5.75 Å². The van der Waals surface area contributed by atoms with Crippen molar-refractivity contribution in [3.05, 3.63) is 24.0 Å². The summed E-state index contributed by atoms with van der Waals surface area (Å²) >= 11 is 0. The number of methoxy groups -OCH3 is 1. The molecule has 1 amide bonds. The number of carbonyl (C=O) groups excluding carboxylic acids is 1. The van der Waals surface area contributed by atoms with Gasteiger partial charge in [-0.05, 0) is 25.5 Å². The average Bonchev–Trinajstić information content (AvgIpc) is 2.31. The Hall–Kier alpha value is -1.62. The number of carbonyl (C=O) groups is 1. The van der Waals surface area contributed by atoms with Crippen molar-refractivity contribution < 1.29 is 13.9 Å². The number of nitrogens with two attached hydrogens (primary N) is 1. The highest BCUT2D eigenvalue weighted by Crippen LogP contribution is 2.22. The van der Waals surface area contributed by atoms with Gasteiger partial charge in [-0.3, -0.25) is 4.79 Å². The fraction of sp³-hybridized carbons (Fsp3) is 0.417. The molecule has 4 nitrogen and oxygen atoms in total. The van der Waals surface area contributed by atoms with Crippen LogP contribution in [0.1, 0.15) is 20.3 Å². The largest absolute Gasteiger partial charge is 0.497 e. The van der Waals surface area contributed by atoms with Crippen LogP contribution in [0.4, 0.5) is 10.1 Å². The second-order valence-electron chi connectivity index (χ2n) is 4.07. The molecule has 1 unspecified atom stereocenters. The molecule has 17 heavy (non-hydrogen) atoms. The Morgan fingerprint density at radius 2 is 2.24 bits per heavy atom. The Kier molecular flexibility index (Phi) is 4.07. The van der Waals surface area contributed by atoms with Gasteiger partial charge in [0, 0.05) is 6.07 Å². The molecule has 0 fully saturated rings. The van der Waals surface area contributed by atoms with E-state index in [1.165, 1.54) is 25.3 Å². The molecule has 0 saturated heterocycles. The van der Waals surface area contributed by atoms with Gasteiger partial charge in [-0.2, -0.15) is 0 Å². The number of nitrogens with one attached hydrogen (secondary N) is 1. The highest BCUT2D eigenvalue weighted by atomic mass is 19.1. The highest BCUT2D eigenvalue weighted by molar-refractivity contribution is 5.97. The molecule has 1 rings (SSSR count). The summed E-state index contributed by atoms with van der Waals surface area (Å²) in [7, 11) is 1.47. The maximum atomic E-state index is 13.4. The van der Waals surface area contributed by atoms with E-state index in [1.54, 1.807) is 13.8 Å². The van der Waals surface area contributed by atoms with Crippen LogP contribution in [0.15, 0.2) is 18.2 Å². The van der Waals surface area contributed by atoms with Crippen molar-refractivity contribution in [1.82, 2.24) is 0 Å². The van der Waals surface area contributed by atoms with Gasteiger partial charge < -0.3 is 15.8 Å². The molecule has 1 atom stereocenters. The fourth-order valence-corrected chi connectivity index (χ4v) is 1.15. The molecule has 0 aromatic heterocycles. The zero-order chi connectivity index (χ0) is 13.1. The van der Waals surface area contributed by atoms with Crippen LogP contribution in [-0.4, -0.2) is 18.6 Å². The lowest BCUT2D eigenvalue weighted by atomic mass is 9.99. The summed E-state index contributed by atoms with van der Waals surface area (Å²) in [5, 5.41) is 2.46. The minimum atomic E-state index is -1.02. The number of amides is 1. The van der Waals surface area contributed by atoms with Crippen molar-refractivity contribution in [3.8, 4) is 5.75 Å². The van der Waals surface area contributed by atoms with Gasteiger partial charge in [-0.25, -0.2) is 4.39 Å². The first-order chi connectivity index (χ1) is 7.90. The molecule has 0 aliphatic carbocycles. The standard InChI is InChI=1S/C12H17FN2O2/c1-4-12(2,14)11(16)15-10-7-8(17-3)5-6-9(10)13/h5-7H,4,14H2,1-3H3,(H,15,16). The highest BCUT2D eigenvalue weighted by Gasteiger charge is 2.26. The lowest BCUT2D eigenvalue weighted by Crippen LogP contribution is -2.47. The summed E-state index contributed by atoms with van der Waals surface area (Å²) < 4.78 is 18.4. The average molecular weight is 240 g/mol. The van der Waals surface area contributed by atoms with Gasteiger partial charge in [0.25, 0.3) is 0 Å². The van der Waals surface area contributed by atoms with Crippen molar-refractivity contribution in [2.75, 3.05) is 12.4 Å². The zero-order valence-electron chi connectivity index (χ0n) is 10.2. The maximum Gasteiger partial charge on any atom is 0.244 e. The minimum absolute atomic E-state index is 0.0690. The van der Waals surface area contributed by atoms with Crippen LogP contribution < -0.4 is 15.8 Å². The summed E-state index contributed by atoms with van der Waals surface area (Å²) in [6.45, 7) is 3.39. The van der Waals surface area contributed by atoms with Gasteiger partial charge in [-0.15, -0.1) is 0 Å². The van der Waals surface area contributed by atoms with E-state index in [0.29, 0.717) is 12.2 Å². The number of hydrogen-bond acceptors (Lipinski definition) is 3. The van der Waals surface area contributed by atoms with Crippen molar-refractivity contribution >= 4 is 11.6 Å². The van der Waals surface area contributed by atoms with Gasteiger partial charge in [0.15, 0.2) is 0 Å². The van der Waals surface area contributed by atoms with Crippen molar-refractivity contribution in [2.45, 2.75) is 25.8 Å². The number of rotatable bonds is 4. The van der Waals surface area contributed by atoms with Gasteiger partial charge in [0.05, 0.1) is 18.3 Å². The Labute approximate surface area is 100.0 Å². The maximum absolute atomic E-state index is 13.4. The minimum Gasteiger partial charge on any atom is -0.497 e.